The number of nitrogens with one attached hydrogen (secondary N) is 1. The topological polar surface area (TPSA) is 43.4 Å². The van der Waals surface area contributed by atoms with E-state index in [4.69, 9.17) is 9.47 Å². The Labute approximate surface area is 100.0 Å². The van der Waals surface area contributed by atoms with Crippen molar-refractivity contribution in [1.29, 1.82) is 0 Å². The molecule has 90 valence electrons. The molecular formula is C11H18N2O2S. The lowest BCUT2D eigenvalue weighted by Gasteiger charge is -2.35. The summed E-state index contributed by atoms with van der Waals surface area (Å²) in [6.45, 7) is 8.15. The predicted molar refractivity (Wildman–Crippen MR) is 63.5 cm³/mol. The summed E-state index contributed by atoms with van der Waals surface area (Å²) in [7, 11) is 0. The van der Waals surface area contributed by atoms with Crippen molar-refractivity contribution in [2.45, 2.75) is 39.1 Å². The van der Waals surface area contributed by atoms with Crippen molar-refractivity contribution in [3.8, 4) is 0 Å². The number of aromatic nitrogens is 1. The number of hydrogen-bond acceptors (Lipinski definition) is 5. The zero-order valence-corrected chi connectivity index (χ0v) is 10.8. The summed E-state index contributed by atoms with van der Waals surface area (Å²) in [4.78, 5) is 5.50. The molecule has 0 atom stereocenters. The monoisotopic (exact) mass is 242 g/mol. The van der Waals surface area contributed by atoms with Gasteiger partial charge in [-0.05, 0) is 20.8 Å². The number of thiazole rings is 1. The quantitative estimate of drug-likeness (QED) is 0.876. The molecule has 1 aliphatic heterocycles. The van der Waals surface area contributed by atoms with E-state index in [2.05, 4.69) is 10.3 Å². The largest absolute Gasteiger partial charge is 0.349 e. The number of rotatable bonds is 3. The van der Waals surface area contributed by atoms with Gasteiger partial charge >= 0.3 is 0 Å². The highest BCUT2D eigenvalue weighted by Gasteiger charge is 2.27. The second-order valence-electron chi connectivity index (χ2n) is 4.46. The van der Waals surface area contributed by atoms with Crippen molar-refractivity contribution in [2.24, 2.45) is 0 Å². The fourth-order valence-corrected chi connectivity index (χ4v) is 2.27. The molecule has 4 nitrogen and oxygen atoms in total. The van der Waals surface area contributed by atoms with Crippen molar-refractivity contribution in [3.63, 3.8) is 0 Å². The Morgan fingerprint density at radius 2 is 2.19 bits per heavy atom. The van der Waals surface area contributed by atoms with Gasteiger partial charge in [0.15, 0.2) is 5.79 Å². The summed E-state index contributed by atoms with van der Waals surface area (Å²) in [5.74, 6) is -0.432. The number of nitrogens with zero attached hydrogens (tertiary/aromatic N) is 1. The van der Waals surface area contributed by atoms with Crippen molar-refractivity contribution in [2.75, 3.05) is 13.2 Å². The van der Waals surface area contributed by atoms with Crippen LogP contribution in [-0.4, -0.2) is 30.0 Å². The molecule has 0 unspecified atom stereocenters. The highest BCUT2D eigenvalue weighted by molar-refractivity contribution is 7.09. The molecular weight excluding hydrogens is 224 g/mol. The average Bonchev–Trinajstić information content (AvgIpc) is 2.63. The lowest BCUT2D eigenvalue weighted by Crippen LogP contribution is -2.48. The van der Waals surface area contributed by atoms with Gasteiger partial charge < -0.3 is 14.8 Å². The second-order valence-corrected chi connectivity index (χ2v) is 5.40. The van der Waals surface area contributed by atoms with Gasteiger partial charge in [0.2, 0.25) is 0 Å². The van der Waals surface area contributed by atoms with Crippen LogP contribution in [0.5, 0.6) is 0 Å². The molecule has 0 saturated carbocycles. The van der Waals surface area contributed by atoms with E-state index in [-0.39, 0.29) is 6.04 Å². The molecule has 1 fully saturated rings. The Kier molecular flexibility index (Phi) is 3.59. The van der Waals surface area contributed by atoms with Crippen LogP contribution >= 0.6 is 11.3 Å². The minimum atomic E-state index is -0.432. The molecule has 1 aliphatic rings. The summed E-state index contributed by atoms with van der Waals surface area (Å²) in [6.07, 6.45) is 0. The Morgan fingerprint density at radius 3 is 2.75 bits per heavy atom. The molecule has 0 aliphatic carbocycles. The number of ether oxygens (including phenoxy) is 2. The van der Waals surface area contributed by atoms with Gasteiger partial charge in [-0.15, -0.1) is 11.3 Å². The Morgan fingerprint density at radius 1 is 1.50 bits per heavy atom. The smallest absolute Gasteiger partial charge is 0.162 e. The van der Waals surface area contributed by atoms with E-state index in [0.29, 0.717) is 13.2 Å². The van der Waals surface area contributed by atoms with Crippen LogP contribution in [-0.2, 0) is 16.0 Å². The third kappa shape index (κ3) is 3.01. The van der Waals surface area contributed by atoms with E-state index < -0.39 is 5.79 Å². The van der Waals surface area contributed by atoms with Gasteiger partial charge in [-0.25, -0.2) is 4.98 Å². The van der Waals surface area contributed by atoms with Gasteiger partial charge in [0.05, 0.1) is 30.5 Å². The van der Waals surface area contributed by atoms with Crippen LogP contribution in [0.3, 0.4) is 0 Å². The Balaban J connectivity index is 1.78. The second kappa shape index (κ2) is 4.79. The van der Waals surface area contributed by atoms with Crippen LogP contribution in [0.2, 0.25) is 0 Å². The van der Waals surface area contributed by atoms with Crippen molar-refractivity contribution < 1.29 is 9.47 Å². The molecule has 0 spiro atoms. The lowest BCUT2D eigenvalue weighted by atomic mass is 10.2. The van der Waals surface area contributed by atoms with E-state index in [1.54, 1.807) is 11.3 Å². The minimum Gasteiger partial charge on any atom is -0.349 e. The van der Waals surface area contributed by atoms with Gasteiger partial charge in [0.1, 0.15) is 0 Å². The molecule has 0 radical (unpaired) electrons. The summed E-state index contributed by atoms with van der Waals surface area (Å²) in [6, 6.07) is 0.273. The van der Waals surface area contributed by atoms with E-state index in [1.807, 2.05) is 26.3 Å². The molecule has 5 heteroatoms. The maximum atomic E-state index is 5.58. The molecule has 2 rings (SSSR count). The van der Waals surface area contributed by atoms with Gasteiger partial charge in [-0.1, -0.05) is 0 Å². The maximum absolute atomic E-state index is 5.58. The lowest BCUT2D eigenvalue weighted by molar-refractivity contribution is -0.253. The molecule has 2 heterocycles. The van der Waals surface area contributed by atoms with E-state index in [0.717, 1.165) is 12.2 Å². The molecule has 1 aromatic rings. The van der Waals surface area contributed by atoms with Crippen LogP contribution in [0.25, 0.3) is 0 Å². The molecule has 0 bridgehead atoms. The van der Waals surface area contributed by atoms with E-state index >= 15 is 0 Å². The number of aryl methyl sites for hydroxylation is 1. The zero-order valence-electron chi connectivity index (χ0n) is 9.95. The summed E-state index contributed by atoms with van der Waals surface area (Å²) >= 11 is 1.68. The molecule has 1 aromatic heterocycles. The van der Waals surface area contributed by atoms with E-state index in [1.165, 1.54) is 4.88 Å². The SMILES string of the molecule is Cc1ncsc1CNC1COC(C)(C)OC1. The first-order valence-electron chi connectivity index (χ1n) is 5.47. The Bertz CT molecular complexity index is 342. The highest BCUT2D eigenvalue weighted by atomic mass is 32.1. The number of hydrogen-bond donors (Lipinski definition) is 1. The summed E-state index contributed by atoms with van der Waals surface area (Å²) in [5.41, 5.74) is 2.99. The van der Waals surface area contributed by atoms with Crippen LogP contribution in [0.1, 0.15) is 24.4 Å². The van der Waals surface area contributed by atoms with Crippen molar-refractivity contribution in [3.05, 3.63) is 16.1 Å². The fourth-order valence-electron chi connectivity index (χ4n) is 1.54. The standard InChI is InChI=1S/C11H18N2O2S/c1-8-10(16-7-13-8)4-12-9-5-14-11(2,3)15-6-9/h7,9,12H,4-6H2,1-3H3. The van der Waals surface area contributed by atoms with Crippen LogP contribution in [0.15, 0.2) is 5.51 Å². The van der Waals surface area contributed by atoms with Gasteiger partial charge in [-0.2, -0.15) is 0 Å². The fraction of sp³-hybridized carbons (Fsp3) is 0.727. The molecule has 16 heavy (non-hydrogen) atoms. The van der Waals surface area contributed by atoms with Gasteiger partial charge in [0.25, 0.3) is 0 Å². The third-order valence-electron chi connectivity index (χ3n) is 2.66. The maximum Gasteiger partial charge on any atom is 0.162 e. The van der Waals surface area contributed by atoms with Crippen LogP contribution in [0.4, 0.5) is 0 Å². The molecule has 1 N–H and O–H groups in total. The first-order chi connectivity index (χ1) is 7.57. The van der Waals surface area contributed by atoms with Crippen LogP contribution in [0, 0.1) is 6.92 Å². The van der Waals surface area contributed by atoms with E-state index in [9.17, 15) is 0 Å². The summed E-state index contributed by atoms with van der Waals surface area (Å²) < 4.78 is 11.2. The minimum absolute atomic E-state index is 0.273. The average molecular weight is 242 g/mol. The summed E-state index contributed by atoms with van der Waals surface area (Å²) in [5, 5.41) is 3.42. The third-order valence-corrected chi connectivity index (χ3v) is 3.60. The molecule has 0 aromatic carbocycles. The van der Waals surface area contributed by atoms with Crippen molar-refractivity contribution >= 4 is 11.3 Å². The predicted octanol–water partition coefficient (Wildman–Crippen LogP) is 1.69. The van der Waals surface area contributed by atoms with Crippen LogP contribution < -0.4 is 5.32 Å². The molecule has 0 amide bonds. The normalized spacial score (nSPS) is 21.2. The zero-order chi connectivity index (χ0) is 11.6. The first-order valence-corrected chi connectivity index (χ1v) is 6.35. The Hall–Kier alpha value is -0.490. The van der Waals surface area contributed by atoms with Gasteiger partial charge in [-0.3, -0.25) is 0 Å². The van der Waals surface area contributed by atoms with Gasteiger partial charge in [0, 0.05) is 11.4 Å². The molecule has 1 saturated heterocycles. The first kappa shape index (κ1) is 12.0. The highest BCUT2D eigenvalue weighted by Crippen LogP contribution is 2.18. The van der Waals surface area contributed by atoms with Crippen molar-refractivity contribution in [1.82, 2.24) is 10.3 Å².